The first-order valence-electron chi connectivity index (χ1n) is 10.8. The van der Waals surface area contributed by atoms with Crippen LogP contribution in [0.25, 0.3) is 0 Å². The molecule has 0 radical (unpaired) electrons. The molecule has 2 atom stereocenters. The fourth-order valence-electron chi connectivity index (χ4n) is 3.90. The summed E-state index contributed by atoms with van der Waals surface area (Å²) in [4.78, 5) is 4.80. The largest absolute Gasteiger partial charge is 0.497 e. The summed E-state index contributed by atoms with van der Waals surface area (Å²) in [5, 5.41) is 15.5. The number of rotatable bonds is 8. The van der Waals surface area contributed by atoms with E-state index in [9.17, 15) is 0 Å². The minimum Gasteiger partial charge on any atom is -0.497 e. The molecule has 170 valence electrons. The lowest BCUT2D eigenvalue weighted by molar-refractivity contribution is -0.176. The van der Waals surface area contributed by atoms with E-state index in [1.54, 1.807) is 14.2 Å². The Kier molecular flexibility index (Phi) is 6.89. The van der Waals surface area contributed by atoms with E-state index >= 15 is 0 Å². The molecule has 3 rings (SSSR count). The number of aliphatic imine (C=N–C) groups is 1. The van der Waals surface area contributed by atoms with Gasteiger partial charge >= 0.3 is 0 Å². The van der Waals surface area contributed by atoms with Crippen molar-refractivity contribution in [1.29, 1.82) is 0 Å². The van der Waals surface area contributed by atoms with Crippen LogP contribution in [-0.4, -0.2) is 53.1 Å². The summed E-state index contributed by atoms with van der Waals surface area (Å²) < 4.78 is 13.0. The van der Waals surface area contributed by atoms with Crippen LogP contribution in [0, 0.1) is 12.3 Å². The van der Waals surface area contributed by atoms with Crippen molar-refractivity contribution in [3.8, 4) is 5.75 Å². The SMILES string of the molecule is COc1ccc(CCNC(=NCc2nnc(C)n2C)NC2CC(C)(OC)C2(C)C)cc1. The van der Waals surface area contributed by atoms with Crippen LogP contribution in [0.2, 0.25) is 0 Å². The first kappa shape index (κ1) is 23.1. The zero-order valence-corrected chi connectivity index (χ0v) is 19.8. The summed E-state index contributed by atoms with van der Waals surface area (Å²) in [6.45, 7) is 9.81. The average Bonchev–Trinajstić information content (AvgIpc) is 3.09. The number of ether oxygens (including phenoxy) is 2. The number of nitrogens with zero attached hydrogens (tertiary/aromatic N) is 4. The van der Waals surface area contributed by atoms with Crippen molar-refractivity contribution in [3.63, 3.8) is 0 Å². The summed E-state index contributed by atoms with van der Waals surface area (Å²) in [6.07, 6.45) is 1.82. The lowest BCUT2D eigenvalue weighted by Gasteiger charge is -2.59. The Morgan fingerprint density at radius 1 is 1.19 bits per heavy atom. The van der Waals surface area contributed by atoms with E-state index in [1.165, 1.54) is 5.56 Å². The van der Waals surface area contributed by atoms with Gasteiger partial charge in [0.1, 0.15) is 18.1 Å². The van der Waals surface area contributed by atoms with E-state index in [-0.39, 0.29) is 17.1 Å². The summed E-state index contributed by atoms with van der Waals surface area (Å²) in [7, 11) is 5.43. The fourth-order valence-corrected chi connectivity index (χ4v) is 3.90. The topological polar surface area (TPSA) is 85.6 Å². The molecule has 0 aliphatic heterocycles. The maximum Gasteiger partial charge on any atom is 0.191 e. The van der Waals surface area contributed by atoms with Crippen molar-refractivity contribution in [1.82, 2.24) is 25.4 Å². The molecule has 1 aliphatic rings. The number of guanidine groups is 1. The fraction of sp³-hybridized carbons (Fsp3) is 0.609. The first-order valence-corrected chi connectivity index (χ1v) is 10.8. The van der Waals surface area contributed by atoms with Gasteiger partial charge in [0.2, 0.25) is 0 Å². The molecular formula is C23H36N6O2. The van der Waals surface area contributed by atoms with Crippen molar-refractivity contribution in [2.75, 3.05) is 20.8 Å². The molecule has 8 nitrogen and oxygen atoms in total. The first-order chi connectivity index (χ1) is 14.7. The summed E-state index contributed by atoms with van der Waals surface area (Å²) in [6, 6.07) is 8.42. The smallest absolute Gasteiger partial charge is 0.191 e. The molecule has 0 bridgehead atoms. The van der Waals surface area contributed by atoms with Crippen LogP contribution in [0.1, 0.15) is 44.4 Å². The van der Waals surface area contributed by atoms with E-state index in [0.29, 0.717) is 6.54 Å². The Hall–Kier alpha value is -2.61. The van der Waals surface area contributed by atoms with Crippen LogP contribution >= 0.6 is 0 Å². The van der Waals surface area contributed by atoms with Crippen molar-refractivity contribution in [2.24, 2.45) is 17.5 Å². The highest BCUT2D eigenvalue weighted by Gasteiger charge is 2.58. The third kappa shape index (κ3) is 4.84. The van der Waals surface area contributed by atoms with Crippen LogP contribution in [0.5, 0.6) is 5.75 Å². The number of hydrogen-bond donors (Lipinski definition) is 2. The van der Waals surface area contributed by atoms with Crippen LogP contribution in [-0.2, 0) is 24.8 Å². The lowest BCUT2D eigenvalue weighted by atomic mass is 9.56. The highest BCUT2D eigenvalue weighted by Crippen LogP contribution is 2.51. The standard InChI is InChI=1S/C23H36N6O2/c1-16-27-28-20(29(16)5)15-25-21(26-19-14-23(4,31-7)22(19,2)3)24-13-12-17-8-10-18(30-6)11-9-17/h8-11,19H,12-15H2,1-7H3,(H2,24,25,26). The Labute approximate surface area is 185 Å². The van der Waals surface area contributed by atoms with Gasteiger partial charge in [-0.3, -0.25) is 0 Å². The summed E-state index contributed by atoms with van der Waals surface area (Å²) in [5.41, 5.74) is 1.09. The Morgan fingerprint density at radius 2 is 1.90 bits per heavy atom. The molecule has 8 heteroatoms. The van der Waals surface area contributed by atoms with Crippen molar-refractivity contribution in [3.05, 3.63) is 41.5 Å². The highest BCUT2D eigenvalue weighted by molar-refractivity contribution is 5.80. The normalized spacial score (nSPS) is 22.7. The maximum absolute atomic E-state index is 5.77. The molecule has 1 saturated carbocycles. The number of methoxy groups -OCH3 is 2. The maximum atomic E-state index is 5.77. The third-order valence-electron chi connectivity index (χ3n) is 7.02. The molecule has 2 N–H and O–H groups in total. The Balaban J connectivity index is 1.66. The second-order valence-corrected chi connectivity index (χ2v) is 8.97. The van der Waals surface area contributed by atoms with Gasteiger partial charge in [0.05, 0.1) is 12.7 Å². The van der Waals surface area contributed by atoms with Crippen molar-refractivity contribution < 1.29 is 9.47 Å². The predicted octanol–water partition coefficient (Wildman–Crippen LogP) is 2.61. The number of aryl methyl sites for hydroxylation is 1. The monoisotopic (exact) mass is 428 g/mol. The van der Waals surface area contributed by atoms with Crippen LogP contribution in [0.3, 0.4) is 0 Å². The minimum absolute atomic E-state index is 0.0124. The summed E-state index contributed by atoms with van der Waals surface area (Å²) in [5.74, 6) is 3.37. The van der Waals surface area contributed by atoms with E-state index in [2.05, 4.69) is 53.7 Å². The molecule has 2 aromatic rings. The van der Waals surface area contributed by atoms with Gasteiger partial charge in [0, 0.05) is 32.2 Å². The second-order valence-electron chi connectivity index (χ2n) is 8.97. The predicted molar refractivity (Wildman–Crippen MR) is 122 cm³/mol. The molecular weight excluding hydrogens is 392 g/mol. The Morgan fingerprint density at radius 3 is 2.45 bits per heavy atom. The van der Waals surface area contributed by atoms with Gasteiger partial charge in [-0.25, -0.2) is 4.99 Å². The Bertz CT molecular complexity index is 905. The van der Waals surface area contributed by atoms with Gasteiger partial charge < -0.3 is 24.7 Å². The zero-order chi connectivity index (χ0) is 22.6. The van der Waals surface area contributed by atoms with Gasteiger partial charge in [-0.2, -0.15) is 0 Å². The lowest BCUT2D eigenvalue weighted by Crippen LogP contribution is -2.69. The second kappa shape index (κ2) is 9.26. The van der Waals surface area contributed by atoms with Crippen LogP contribution in [0.15, 0.2) is 29.3 Å². The average molecular weight is 429 g/mol. The van der Waals surface area contributed by atoms with Crippen LogP contribution in [0.4, 0.5) is 0 Å². The van der Waals surface area contributed by atoms with Gasteiger partial charge in [-0.05, 0) is 44.4 Å². The molecule has 0 saturated heterocycles. The van der Waals surface area contributed by atoms with E-state index in [1.807, 2.05) is 30.7 Å². The number of benzene rings is 1. The molecule has 1 aliphatic carbocycles. The zero-order valence-electron chi connectivity index (χ0n) is 19.8. The van der Waals surface area contributed by atoms with Gasteiger partial charge in [-0.15, -0.1) is 10.2 Å². The quantitative estimate of drug-likeness (QED) is 0.497. The molecule has 2 unspecified atom stereocenters. The molecule has 1 aromatic heterocycles. The highest BCUT2D eigenvalue weighted by atomic mass is 16.5. The number of aromatic nitrogens is 3. The van der Waals surface area contributed by atoms with E-state index in [0.717, 1.165) is 42.7 Å². The van der Waals surface area contributed by atoms with Crippen LogP contribution < -0.4 is 15.4 Å². The van der Waals surface area contributed by atoms with Gasteiger partial charge in [0.25, 0.3) is 0 Å². The summed E-state index contributed by atoms with van der Waals surface area (Å²) >= 11 is 0. The van der Waals surface area contributed by atoms with Crippen molar-refractivity contribution >= 4 is 5.96 Å². The van der Waals surface area contributed by atoms with Crippen molar-refractivity contribution in [2.45, 2.75) is 58.7 Å². The molecule has 31 heavy (non-hydrogen) atoms. The number of hydrogen-bond acceptors (Lipinski definition) is 5. The molecule has 1 aromatic carbocycles. The van der Waals surface area contributed by atoms with E-state index in [4.69, 9.17) is 14.5 Å². The third-order valence-corrected chi connectivity index (χ3v) is 7.02. The van der Waals surface area contributed by atoms with E-state index < -0.39 is 0 Å². The molecule has 1 heterocycles. The molecule has 0 spiro atoms. The van der Waals surface area contributed by atoms with Gasteiger partial charge in [-0.1, -0.05) is 26.0 Å². The van der Waals surface area contributed by atoms with Gasteiger partial charge in [0.15, 0.2) is 11.8 Å². The number of nitrogens with one attached hydrogen (secondary N) is 2. The molecule has 0 amide bonds. The minimum atomic E-state index is -0.139. The molecule has 1 fully saturated rings.